The van der Waals surface area contributed by atoms with Crippen LogP contribution in [-0.2, 0) is 0 Å². The summed E-state index contributed by atoms with van der Waals surface area (Å²) in [5.74, 6) is 1.70. The SMILES string of the molecule is CN1CCN(c2cc(-c3ccccc3)nc(NC(C)(C)C)n2)CC1. The Morgan fingerprint density at radius 1 is 0.958 bits per heavy atom. The fourth-order valence-corrected chi connectivity index (χ4v) is 2.78. The highest BCUT2D eigenvalue weighted by Gasteiger charge is 2.19. The molecule has 1 aliphatic heterocycles. The van der Waals surface area contributed by atoms with Gasteiger partial charge < -0.3 is 15.1 Å². The summed E-state index contributed by atoms with van der Waals surface area (Å²) >= 11 is 0. The molecular weight excluding hydrogens is 298 g/mol. The molecular formula is C19H27N5. The Kier molecular flexibility index (Phi) is 4.71. The minimum absolute atomic E-state index is 0.0747. The molecule has 0 amide bonds. The third kappa shape index (κ3) is 4.23. The summed E-state index contributed by atoms with van der Waals surface area (Å²) in [6, 6.07) is 12.4. The Morgan fingerprint density at radius 3 is 2.25 bits per heavy atom. The van der Waals surface area contributed by atoms with Crippen molar-refractivity contribution in [2.24, 2.45) is 0 Å². The fraction of sp³-hybridized carbons (Fsp3) is 0.474. The Bertz CT molecular complexity index is 670. The first-order valence-electron chi connectivity index (χ1n) is 8.57. The topological polar surface area (TPSA) is 44.3 Å². The van der Waals surface area contributed by atoms with Crippen LogP contribution in [0.15, 0.2) is 36.4 Å². The van der Waals surface area contributed by atoms with E-state index in [1.54, 1.807) is 0 Å². The molecule has 1 aromatic heterocycles. The maximum atomic E-state index is 4.78. The molecule has 1 saturated heterocycles. The number of aromatic nitrogens is 2. The molecule has 128 valence electrons. The zero-order valence-electron chi connectivity index (χ0n) is 15.1. The van der Waals surface area contributed by atoms with E-state index in [2.05, 4.69) is 61.1 Å². The van der Waals surface area contributed by atoms with Gasteiger partial charge >= 0.3 is 0 Å². The van der Waals surface area contributed by atoms with Gasteiger partial charge in [-0.1, -0.05) is 30.3 Å². The number of benzene rings is 1. The molecule has 5 nitrogen and oxygen atoms in total. The van der Waals surface area contributed by atoms with Crippen LogP contribution in [0.3, 0.4) is 0 Å². The van der Waals surface area contributed by atoms with Gasteiger partial charge in [0.1, 0.15) is 5.82 Å². The lowest BCUT2D eigenvalue weighted by atomic mass is 10.1. The van der Waals surface area contributed by atoms with Crippen LogP contribution in [0.1, 0.15) is 20.8 Å². The van der Waals surface area contributed by atoms with Crippen LogP contribution in [-0.4, -0.2) is 53.6 Å². The summed E-state index contributed by atoms with van der Waals surface area (Å²) < 4.78 is 0. The molecule has 0 unspecified atom stereocenters. The van der Waals surface area contributed by atoms with Crippen molar-refractivity contribution in [3.05, 3.63) is 36.4 Å². The summed E-state index contributed by atoms with van der Waals surface area (Å²) in [5, 5.41) is 3.42. The number of rotatable bonds is 3. The maximum Gasteiger partial charge on any atom is 0.225 e. The number of likely N-dealkylation sites (N-methyl/N-ethyl adjacent to an activating group) is 1. The maximum absolute atomic E-state index is 4.78. The van der Waals surface area contributed by atoms with Crippen LogP contribution < -0.4 is 10.2 Å². The number of hydrogen-bond donors (Lipinski definition) is 1. The summed E-state index contributed by atoms with van der Waals surface area (Å²) in [6.07, 6.45) is 0. The molecule has 24 heavy (non-hydrogen) atoms. The van der Waals surface area contributed by atoms with Crippen molar-refractivity contribution < 1.29 is 0 Å². The minimum Gasteiger partial charge on any atom is -0.354 e. The summed E-state index contributed by atoms with van der Waals surface area (Å²) in [4.78, 5) is 14.2. The molecule has 1 aromatic carbocycles. The zero-order chi connectivity index (χ0) is 17.2. The van der Waals surface area contributed by atoms with Gasteiger partial charge in [0, 0.05) is 43.3 Å². The van der Waals surface area contributed by atoms with E-state index in [4.69, 9.17) is 9.97 Å². The molecule has 2 aromatic rings. The number of piperazine rings is 1. The summed E-state index contributed by atoms with van der Waals surface area (Å²) in [5.41, 5.74) is 2.01. The summed E-state index contributed by atoms with van der Waals surface area (Å²) in [6.45, 7) is 10.5. The van der Waals surface area contributed by atoms with E-state index in [0.717, 1.165) is 43.3 Å². The molecule has 5 heteroatoms. The van der Waals surface area contributed by atoms with Crippen molar-refractivity contribution in [3.8, 4) is 11.3 Å². The predicted octanol–water partition coefficient (Wildman–Crippen LogP) is 3.11. The first-order chi connectivity index (χ1) is 11.4. The highest BCUT2D eigenvalue weighted by atomic mass is 15.3. The average molecular weight is 325 g/mol. The second-order valence-corrected chi connectivity index (χ2v) is 7.47. The van der Waals surface area contributed by atoms with E-state index in [-0.39, 0.29) is 5.54 Å². The van der Waals surface area contributed by atoms with E-state index in [9.17, 15) is 0 Å². The van der Waals surface area contributed by atoms with Crippen LogP contribution in [0.5, 0.6) is 0 Å². The van der Waals surface area contributed by atoms with Crippen molar-refractivity contribution in [1.29, 1.82) is 0 Å². The predicted molar refractivity (Wildman–Crippen MR) is 101 cm³/mol. The Morgan fingerprint density at radius 2 is 1.62 bits per heavy atom. The van der Waals surface area contributed by atoms with E-state index in [1.807, 2.05) is 18.2 Å². The van der Waals surface area contributed by atoms with Gasteiger partial charge in [0.2, 0.25) is 5.95 Å². The van der Waals surface area contributed by atoms with Gasteiger partial charge in [-0.15, -0.1) is 0 Å². The van der Waals surface area contributed by atoms with E-state index in [0.29, 0.717) is 5.95 Å². The van der Waals surface area contributed by atoms with Gasteiger partial charge in [-0.05, 0) is 27.8 Å². The number of anilines is 2. The lowest BCUT2D eigenvalue weighted by Crippen LogP contribution is -2.45. The molecule has 0 spiro atoms. The lowest BCUT2D eigenvalue weighted by molar-refractivity contribution is 0.312. The van der Waals surface area contributed by atoms with Gasteiger partial charge in [-0.3, -0.25) is 0 Å². The smallest absolute Gasteiger partial charge is 0.225 e. The molecule has 0 atom stereocenters. The van der Waals surface area contributed by atoms with E-state index >= 15 is 0 Å². The fourth-order valence-electron chi connectivity index (χ4n) is 2.78. The highest BCUT2D eigenvalue weighted by Crippen LogP contribution is 2.25. The molecule has 1 N–H and O–H groups in total. The van der Waals surface area contributed by atoms with Crippen molar-refractivity contribution in [1.82, 2.24) is 14.9 Å². The van der Waals surface area contributed by atoms with Crippen LogP contribution in [0.25, 0.3) is 11.3 Å². The highest BCUT2D eigenvalue weighted by molar-refractivity contribution is 5.65. The standard InChI is InChI=1S/C19H27N5/c1-19(2,3)22-18-20-16(15-8-6-5-7-9-15)14-17(21-18)24-12-10-23(4)11-13-24/h5-9,14H,10-13H2,1-4H3,(H,20,21,22). The molecule has 2 heterocycles. The Hall–Kier alpha value is -2.14. The van der Waals surface area contributed by atoms with Crippen molar-refractivity contribution >= 4 is 11.8 Å². The third-order valence-corrected chi connectivity index (χ3v) is 4.10. The quantitative estimate of drug-likeness (QED) is 0.939. The van der Waals surface area contributed by atoms with E-state index in [1.165, 1.54) is 0 Å². The molecule has 0 saturated carbocycles. The first kappa shape index (κ1) is 16.7. The zero-order valence-corrected chi connectivity index (χ0v) is 15.1. The van der Waals surface area contributed by atoms with Gasteiger partial charge in [0.25, 0.3) is 0 Å². The first-order valence-corrected chi connectivity index (χ1v) is 8.57. The molecule has 1 aliphatic rings. The van der Waals surface area contributed by atoms with Gasteiger partial charge in [0.15, 0.2) is 0 Å². The van der Waals surface area contributed by atoms with Gasteiger partial charge in [-0.2, -0.15) is 4.98 Å². The molecule has 0 radical (unpaired) electrons. The largest absolute Gasteiger partial charge is 0.354 e. The molecule has 3 rings (SSSR count). The number of nitrogens with one attached hydrogen (secondary N) is 1. The normalized spacial score (nSPS) is 16.2. The number of hydrogen-bond acceptors (Lipinski definition) is 5. The Labute approximate surface area is 144 Å². The third-order valence-electron chi connectivity index (χ3n) is 4.10. The molecule has 1 fully saturated rings. The minimum atomic E-state index is -0.0747. The van der Waals surface area contributed by atoms with E-state index < -0.39 is 0 Å². The summed E-state index contributed by atoms with van der Waals surface area (Å²) in [7, 11) is 2.17. The lowest BCUT2D eigenvalue weighted by Gasteiger charge is -2.33. The van der Waals surface area contributed by atoms with Crippen molar-refractivity contribution in [2.75, 3.05) is 43.4 Å². The van der Waals surface area contributed by atoms with Gasteiger partial charge in [0.05, 0.1) is 5.69 Å². The second kappa shape index (κ2) is 6.77. The average Bonchev–Trinajstić information content (AvgIpc) is 2.54. The van der Waals surface area contributed by atoms with Crippen LogP contribution in [0.4, 0.5) is 11.8 Å². The second-order valence-electron chi connectivity index (χ2n) is 7.47. The Balaban J connectivity index is 1.96. The molecule has 0 bridgehead atoms. The van der Waals surface area contributed by atoms with Crippen molar-refractivity contribution in [2.45, 2.75) is 26.3 Å². The van der Waals surface area contributed by atoms with Gasteiger partial charge in [-0.25, -0.2) is 4.98 Å². The monoisotopic (exact) mass is 325 g/mol. The number of nitrogens with zero attached hydrogens (tertiary/aromatic N) is 4. The van der Waals surface area contributed by atoms with Crippen molar-refractivity contribution in [3.63, 3.8) is 0 Å². The molecule has 0 aliphatic carbocycles. The van der Waals surface area contributed by atoms with Crippen LogP contribution in [0.2, 0.25) is 0 Å². The van der Waals surface area contributed by atoms with Crippen LogP contribution >= 0.6 is 0 Å². The van der Waals surface area contributed by atoms with Crippen LogP contribution in [0, 0.1) is 0 Å².